The number of hydrogen-bond acceptors (Lipinski definition) is 12. The molecule has 2 saturated heterocycles. The van der Waals surface area contributed by atoms with Crippen molar-refractivity contribution < 1.29 is 28.5 Å². The van der Waals surface area contributed by atoms with Crippen molar-refractivity contribution in [3.63, 3.8) is 0 Å². The first-order valence-corrected chi connectivity index (χ1v) is 14.0. The lowest BCUT2D eigenvalue weighted by atomic mass is 9.99. The smallest absolute Gasteiger partial charge is 0.270 e. The molecule has 0 spiro atoms. The predicted molar refractivity (Wildman–Crippen MR) is 148 cm³/mol. The Morgan fingerprint density at radius 3 is 2.78 bits per heavy atom. The number of oxazole rings is 1. The lowest BCUT2D eigenvalue weighted by molar-refractivity contribution is 0.0209. The van der Waals surface area contributed by atoms with Gasteiger partial charge in [-0.3, -0.25) is 9.69 Å². The van der Waals surface area contributed by atoms with Gasteiger partial charge in [0.2, 0.25) is 5.95 Å². The van der Waals surface area contributed by atoms with E-state index in [-0.39, 0.29) is 24.2 Å². The molecule has 2 fully saturated rings. The van der Waals surface area contributed by atoms with Crippen LogP contribution in [0.2, 0.25) is 0 Å². The average Bonchev–Trinajstić information content (AvgIpc) is 3.51. The number of carbonyl (C=O) groups is 1. The van der Waals surface area contributed by atoms with E-state index in [0.717, 1.165) is 25.3 Å². The van der Waals surface area contributed by atoms with E-state index in [4.69, 9.17) is 18.6 Å². The summed E-state index contributed by atoms with van der Waals surface area (Å²) in [6, 6.07) is 7.88. The van der Waals surface area contributed by atoms with Crippen LogP contribution in [-0.2, 0) is 29.0 Å². The van der Waals surface area contributed by atoms with Crippen LogP contribution in [0, 0.1) is 0 Å². The van der Waals surface area contributed by atoms with E-state index in [1.807, 2.05) is 11.0 Å². The minimum absolute atomic E-state index is 0.118. The molecule has 0 aliphatic carbocycles. The summed E-state index contributed by atoms with van der Waals surface area (Å²) in [6.45, 7) is 6.12. The molecule has 3 aromatic rings. The number of rotatable bonds is 11. The fraction of sp³-hybridized carbons (Fsp3) is 0.500. The Morgan fingerprint density at radius 1 is 1.12 bits per heavy atom. The van der Waals surface area contributed by atoms with Crippen LogP contribution in [0.5, 0.6) is 5.75 Å². The molecule has 5 heterocycles. The predicted octanol–water partition coefficient (Wildman–Crippen LogP) is 0.840. The summed E-state index contributed by atoms with van der Waals surface area (Å²) in [5.41, 5.74) is 2.69. The summed E-state index contributed by atoms with van der Waals surface area (Å²) in [5.74, 6) is 2.18. The number of ether oxygens (including phenoxy) is 3. The second-order valence-electron chi connectivity index (χ2n) is 10.5. The van der Waals surface area contributed by atoms with Gasteiger partial charge in [-0.1, -0.05) is 6.07 Å². The zero-order valence-corrected chi connectivity index (χ0v) is 22.8. The Hall–Kier alpha value is -3.78. The quantitative estimate of drug-likeness (QED) is 0.303. The van der Waals surface area contributed by atoms with Gasteiger partial charge in [0.25, 0.3) is 5.91 Å². The van der Waals surface area contributed by atoms with Gasteiger partial charge < -0.3 is 39.3 Å². The SMILES string of the molecule is O=C(NC[C@H](O)CN1CCc2cc(OCc3cnco3)ccc2C1)c1cc(NC2COC2)nc(N2CCOCC2)n1. The lowest BCUT2D eigenvalue weighted by Crippen LogP contribution is -2.42. The molecule has 6 rings (SSSR count). The molecule has 1 atom stereocenters. The Kier molecular flexibility index (Phi) is 8.56. The van der Waals surface area contributed by atoms with Crippen LogP contribution in [-0.4, -0.2) is 102 Å². The van der Waals surface area contributed by atoms with Crippen molar-refractivity contribution in [1.82, 2.24) is 25.2 Å². The largest absolute Gasteiger partial charge is 0.486 e. The van der Waals surface area contributed by atoms with Crippen LogP contribution in [0.25, 0.3) is 0 Å². The number of aliphatic hydroxyl groups is 1. The Labute approximate surface area is 237 Å². The minimum atomic E-state index is -0.727. The lowest BCUT2D eigenvalue weighted by Gasteiger charge is -2.30. The average molecular weight is 566 g/mol. The van der Waals surface area contributed by atoms with Crippen molar-refractivity contribution >= 4 is 17.7 Å². The molecular weight excluding hydrogens is 530 g/mol. The monoisotopic (exact) mass is 565 g/mol. The van der Waals surface area contributed by atoms with Crippen LogP contribution in [0.1, 0.15) is 27.4 Å². The van der Waals surface area contributed by atoms with Gasteiger partial charge in [0, 0.05) is 45.3 Å². The molecule has 3 aliphatic heterocycles. The van der Waals surface area contributed by atoms with Crippen LogP contribution in [0.4, 0.5) is 11.8 Å². The number of carbonyl (C=O) groups excluding carboxylic acids is 1. The fourth-order valence-corrected chi connectivity index (χ4v) is 5.02. The standard InChI is InChI=1S/C28H35N7O6/c36-22(14-34-4-3-19-9-23(2-1-20(19)13-34)40-17-24-12-29-18-41-24)11-30-27(37)25-10-26(31-21-15-39-16-21)33-28(32-25)35-5-7-38-8-6-35/h1-2,9-10,12,18,21-22,36H,3-8,11,13-17H2,(H,30,37)(H,31,32,33)/t22-/m0/s1. The van der Waals surface area contributed by atoms with Crippen molar-refractivity contribution in [1.29, 1.82) is 0 Å². The zero-order chi connectivity index (χ0) is 28.0. The summed E-state index contributed by atoms with van der Waals surface area (Å²) < 4.78 is 21.7. The summed E-state index contributed by atoms with van der Waals surface area (Å²) in [5, 5.41) is 16.9. The van der Waals surface area contributed by atoms with Crippen molar-refractivity contribution in [2.24, 2.45) is 0 Å². The zero-order valence-electron chi connectivity index (χ0n) is 22.8. The van der Waals surface area contributed by atoms with Crippen LogP contribution in [0.15, 0.2) is 41.3 Å². The van der Waals surface area contributed by atoms with Gasteiger partial charge in [0.15, 0.2) is 12.2 Å². The molecule has 0 unspecified atom stereocenters. The first-order valence-electron chi connectivity index (χ1n) is 14.0. The highest BCUT2D eigenvalue weighted by molar-refractivity contribution is 5.93. The molecule has 2 aromatic heterocycles. The van der Waals surface area contributed by atoms with E-state index in [1.165, 1.54) is 17.5 Å². The summed E-state index contributed by atoms with van der Waals surface area (Å²) in [7, 11) is 0. The summed E-state index contributed by atoms with van der Waals surface area (Å²) >= 11 is 0. The van der Waals surface area contributed by atoms with Crippen LogP contribution in [0.3, 0.4) is 0 Å². The van der Waals surface area contributed by atoms with Gasteiger partial charge in [-0.05, 0) is 29.7 Å². The number of nitrogens with one attached hydrogen (secondary N) is 2. The van der Waals surface area contributed by atoms with Crippen molar-refractivity contribution in [3.8, 4) is 5.75 Å². The maximum atomic E-state index is 13.1. The number of anilines is 2. The van der Waals surface area contributed by atoms with Gasteiger partial charge >= 0.3 is 0 Å². The maximum absolute atomic E-state index is 13.1. The van der Waals surface area contributed by atoms with E-state index >= 15 is 0 Å². The van der Waals surface area contributed by atoms with Crippen LogP contribution < -0.4 is 20.3 Å². The van der Waals surface area contributed by atoms with Gasteiger partial charge in [-0.25, -0.2) is 9.97 Å². The first kappa shape index (κ1) is 27.4. The molecule has 0 saturated carbocycles. The fourth-order valence-electron chi connectivity index (χ4n) is 5.02. The van der Waals surface area contributed by atoms with Crippen molar-refractivity contribution in [2.45, 2.75) is 31.7 Å². The van der Waals surface area contributed by atoms with E-state index in [2.05, 4.69) is 42.6 Å². The van der Waals surface area contributed by atoms with Crippen molar-refractivity contribution in [3.05, 3.63) is 59.4 Å². The third-order valence-corrected chi connectivity index (χ3v) is 7.33. The second kappa shape index (κ2) is 12.8. The highest BCUT2D eigenvalue weighted by atomic mass is 16.5. The number of aliphatic hydroxyl groups excluding tert-OH is 1. The van der Waals surface area contributed by atoms with Gasteiger partial charge in [0.05, 0.1) is 44.8 Å². The highest BCUT2D eigenvalue weighted by Crippen LogP contribution is 2.25. The van der Waals surface area contributed by atoms with Gasteiger partial charge in [-0.15, -0.1) is 0 Å². The molecule has 41 heavy (non-hydrogen) atoms. The number of β-amino-alcohol motifs (C(OH)–C–C–N with tert-alkyl or cyclic N) is 1. The normalized spacial score (nSPS) is 18.3. The highest BCUT2D eigenvalue weighted by Gasteiger charge is 2.24. The molecular formula is C28H35N7O6. The number of morpholine rings is 1. The number of nitrogens with zero attached hydrogens (tertiary/aromatic N) is 5. The molecule has 13 heteroatoms. The summed E-state index contributed by atoms with van der Waals surface area (Å²) in [4.78, 5) is 30.3. The first-order chi connectivity index (χ1) is 20.1. The maximum Gasteiger partial charge on any atom is 0.270 e. The molecule has 1 amide bonds. The topological polar surface area (TPSA) is 147 Å². The number of hydrogen-bond donors (Lipinski definition) is 3. The Bertz CT molecular complexity index is 1310. The van der Waals surface area contributed by atoms with E-state index in [0.29, 0.717) is 70.2 Å². The third-order valence-electron chi connectivity index (χ3n) is 7.33. The Morgan fingerprint density at radius 2 is 2.00 bits per heavy atom. The molecule has 0 bridgehead atoms. The molecule has 0 radical (unpaired) electrons. The molecule has 3 aliphatic rings. The third kappa shape index (κ3) is 7.11. The van der Waals surface area contributed by atoms with E-state index in [9.17, 15) is 9.90 Å². The second-order valence-corrected chi connectivity index (χ2v) is 10.5. The summed E-state index contributed by atoms with van der Waals surface area (Å²) in [6.07, 6.45) is 3.15. The van der Waals surface area contributed by atoms with Gasteiger partial charge in [0.1, 0.15) is 23.9 Å². The number of fused-ring (bicyclic) bond motifs is 1. The number of amides is 1. The molecule has 218 valence electrons. The molecule has 3 N–H and O–H groups in total. The molecule has 13 nitrogen and oxygen atoms in total. The van der Waals surface area contributed by atoms with Crippen molar-refractivity contribution in [2.75, 3.05) is 69.4 Å². The Balaban J connectivity index is 1.01. The molecule has 1 aromatic carbocycles. The van der Waals surface area contributed by atoms with Gasteiger partial charge in [-0.2, -0.15) is 4.98 Å². The minimum Gasteiger partial charge on any atom is -0.486 e. The van der Waals surface area contributed by atoms with Crippen LogP contribution >= 0.6 is 0 Å². The van der Waals surface area contributed by atoms with E-state index < -0.39 is 6.10 Å². The number of benzene rings is 1. The van der Waals surface area contributed by atoms with E-state index in [1.54, 1.807) is 12.3 Å². The number of aromatic nitrogens is 3.